The molecule has 7 nitrogen and oxygen atoms in total. The highest BCUT2D eigenvalue weighted by atomic mass is 32.2. The fourth-order valence-electron chi connectivity index (χ4n) is 5.52. The molecule has 170 valence electrons. The Balaban J connectivity index is 1.18. The van der Waals surface area contributed by atoms with E-state index >= 15 is 0 Å². The van der Waals surface area contributed by atoms with E-state index in [4.69, 9.17) is 4.98 Å². The lowest BCUT2D eigenvalue weighted by molar-refractivity contribution is -0.949. The van der Waals surface area contributed by atoms with Gasteiger partial charge in [0, 0.05) is 42.9 Å². The van der Waals surface area contributed by atoms with E-state index in [9.17, 15) is 4.79 Å². The van der Waals surface area contributed by atoms with Gasteiger partial charge in [-0.3, -0.25) is 9.78 Å². The number of imidazole rings is 1. The van der Waals surface area contributed by atoms with Crippen molar-refractivity contribution in [2.45, 2.75) is 25.8 Å². The van der Waals surface area contributed by atoms with E-state index in [0.29, 0.717) is 10.6 Å². The molecule has 0 N–H and O–H groups in total. The van der Waals surface area contributed by atoms with E-state index in [1.807, 2.05) is 41.1 Å². The molecule has 0 saturated carbocycles. The molecule has 6 heterocycles. The predicted octanol–water partition coefficient (Wildman–Crippen LogP) is 3.51. The summed E-state index contributed by atoms with van der Waals surface area (Å²) in [5.41, 5.74) is 4.11. The number of aromatic nitrogens is 3. The van der Waals surface area contributed by atoms with Gasteiger partial charge < -0.3 is 9.47 Å². The van der Waals surface area contributed by atoms with Crippen LogP contribution in [0.1, 0.15) is 24.6 Å². The van der Waals surface area contributed by atoms with Gasteiger partial charge in [-0.25, -0.2) is 4.98 Å². The van der Waals surface area contributed by atoms with Crippen LogP contribution in [0.2, 0.25) is 0 Å². The van der Waals surface area contributed by atoms with Crippen LogP contribution in [0.5, 0.6) is 0 Å². The summed E-state index contributed by atoms with van der Waals surface area (Å²) in [6.45, 7) is 5.59. The molecule has 2 aromatic heterocycles. The second-order valence-corrected chi connectivity index (χ2v) is 10.3. The number of pyridine rings is 1. The summed E-state index contributed by atoms with van der Waals surface area (Å²) >= 11 is 1.84. The van der Waals surface area contributed by atoms with Crippen LogP contribution in [-0.2, 0) is 4.79 Å². The molecule has 0 spiro atoms. The van der Waals surface area contributed by atoms with Crippen molar-refractivity contribution in [2.24, 2.45) is 0 Å². The molecule has 4 aliphatic rings. The maximum absolute atomic E-state index is 13.1. The van der Waals surface area contributed by atoms with Crippen molar-refractivity contribution in [3.8, 4) is 11.5 Å². The Bertz CT molecular complexity index is 1150. The van der Waals surface area contributed by atoms with Gasteiger partial charge in [-0.1, -0.05) is 6.07 Å². The molecule has 1 atom stereocenters. The summed E-state index contributed by atoms with van der Waals surface area (Å²) in [7, 11) is 0. The number of piperidine rings is 1. The summed E-state index contributed by atoms with van der Waals surface area (Å²) in [6, 6.07) is 6.39. The molecule has 2 fully saturated rings. The number of carbonyl (C=O) groups is 1. The number of hydrogen-bond donors (Lipinski definition) is 0. The summed E-state index contributed by atoms with van der Waals surface area (Å²) in [4.78, 5) is 24.4. The number of hydrogen-bond acceptors (Lipinski definition) is 5. The highest BCUT2D eigenvalue weighted by Gasteiger charge is 2.48. The Morgan fingerprint density at radius 3 is 2.85 bits per heavy atom. The predicted molar refractivity (Wildman–Crippen MR) is 130 cm³/mol. The Hall–Kier alpha value is -2.68. The average Bonchev–Trinajstić information content (AvgIpc) is 3.62. The van der Waals surface area contributed by atoms with E-state index in [-0.39, 0.29) is 5.91 Å². The van der Waals surface area contributed by atoms with Crippen molar-refractivity contribution in [2.75, 3.05) is 37.8 Å². The maximum Gasteiger partial charge on any atom is 0.256 e. The third-order valence-corrected chi connectivity index (χ3v) is 8.15. The quantitative estimate of drug-likeness (QED) is 0.653. The second-order valence-electron chi connectivity index (χ2n) is 9.21. The van der Waals surface area contributed by atoms with Crippen LogP contribution in [0, 0.1) is 6.92 Å². The number of thioether (sulfide) groups is 1. The molecule has 1 amide bonds. The van der Waals surface area contributed by atoms with Crippen LogP contribution in [0.3, 0.4) is 0 Å². The Labute approximate surface area is 198 Å². The lowest BCUT2D eigenvalue weighted by atomic mass is 10.1. The summed E-state index contributed by atoms with van der Waals surface area (Å²) < 4.78 is 3.00. The monoisotopic (exact) mass is 461 g/mol. The first-order chi connectivity index (χ1) is 16.1. The number of carbonyl (C=O) groups excluding carboxylic acids is 1. The van der Waals surface area contributed by atoms with Gasteiger partial charge in [-0.15, -0.1) is 16.8 Å². The van der Waals surface area contributed by atoms with Crippen molar-refractivity contribution in [1.29, 1.82) is 0 Å². The van der Waals surface area contributed by atoms with Gasteiger partial charge in [-0.05, 0) is 38.0 Å². The van der Waals surface area contributed by atoms with Crippen LogP contribution in [0.25, 0.3) is 11.5 Å². The fourth-order valence-corrected chi connectivity index (χ4v) is 6.46. The van der Waals surface area contributed by atoms with Crippen molar-refractivity contribution >= 4 is 17.7 Å². The van der Waals surface area contributed by atoms with E-state index in [2.05, 4.69) is 52.1 Å². The molecule has 0 aromatic carbocycles. The molecule has 4 aliphatic heterocycles. The third kappa shape index (κ3) is 3.57. The lowest BCUT2D eigenvalue weighted by Crippen LogP contribution is -2.56. The van der Waals surface area contributed by atoms with Gasteiger partial charge in [0.2, 0.25) is 0 Å². The zero-order valence-electron chi connectivity index (χ0n) is 18.9. The average molecular weight is 462 g/mol. The summed E-state index contributed by atoms with van der Waals surface area (Å²) in [6.07, 6.45) is 14.8. The topological polar surface area (TPSA) is 54.3 Å². The highest BCUT2D eigenvalue weighted by molar-refractivity contribution is 7.99. The van der Waals surface area contributed by atoms with Crippen LogP contribution in [0.4, 0.5) is 0 Å². The minimum absolute atomic E-state index is 0.213. The van der Waals surface area contributed by atoms with Crippen molar-refractivity contribution in [1.82, 2.24) is 24.4 Å². The maximum atomic E-state index is 13.1. The van der Waals surface area contributed by atoms with E-state index in [1.54, 1.807) is 0 Å². The van der Waals surface area contributed by atoms with Crippen molar-refractivity contribution in [3.63, 3.8) is 0 Å². The largest absolute Gasteiger partial charge is 0.329 e. The number of rotatable bonds is 4. The van der Waals surface area contributed by atoms with Crippen LogP contribution >= 0.6 is 11.8 Å². The summed E-state index contributed by atoms with van der Waals surface area (Å²) in [5, 5.41) is 2.53. The number of amides is 1. The molecule has 0 aliphatic carbocycles. The molecule has 0 bridgehead atoms. The van der Waals surface area contributed by atoms with Crippen LogP contribution in [-0.4, -0.2) is 72.8 Å². The first-order valence-corrected chi connectivity index (χ1v) is 12.9. The second kappa shape index (κ2) is 8.27. The molecule has 8 heteroatoms. The number of aryl methyl sites for hydroxylation is 1. The molecule has 2 aromatic rings. The molecular weight excluding hydrogens is 432 g/mol. The SMILES string of the molecule is Cc1cn(C2CCN([N@@+]34C=CC=C3C=C(C(=O)N3CCSC3)C4)CC2)c(-c2ccccn2)n1. The van der Waals surface area contributed by atoms with Gasteiger partial charge in [0.25, 0.3) is 5.91 Å². The Morgan fingerprint density at radius 2 is 2.09 bits per heavy atom. The lowest BCUT2D eigenvalue weighted by Gasteiger charge is -2.43. The summed E-state index contributed by atoms with van der Waals surface area (Å²) in [5.74, 6) is 3.03. The van der Waals surface area contributed by atoms with E-state index in [1.165, 1.54) is 5.70 Å². The normalized spacial score (nSPS) is 25.4. The number of nitrogens with zero attached hydrogens (tertiary/aromatic N) is 6. The zero-order valence-corrected chi connectivity index (χ0v) is 19.7. The first-order valence-electron chi connectivity index (χ1n) is 11.7. The minimum Gasteiger partial charge on any atom is -0.329 e. The molecular formula is C25H29N6OS+. The van der Waals surface area contributed by atoms with Gasteiger partial charge >= 0.3 is 0 Å². The Morgan fingerprint density at radius 1 is 1.21 bits per heavy atom. The molecule has 0 unspecified atom stereocenters. The number of quaternary nitrogens is 1. The van der Waals surface area contributed by atoms with Gasteiger partial charge in [0.1, 0.15) is 18.4 Å². The Kier molecular flexibility index (Phi) is 5.24. The molecule has 33 heavy (non-hydrogen) atoms. The molecule has 2 saturated heterocycles. The fraction of sp³-hybridized carbons (Fsp3) is 0.400. The van der Waals surface area contributed by atoms with E-state index in [0.717, 1.165) is 73.4 Å². The van der Waals surface area contributed by atoms with E-state index < -0.39 is 0 Å². The molecule has 0 radical (unpaired) electrons. The van der Waals surface area contributed by atoms with Gasteiger partial charge in [0.15, 0.2) is 11.5 Å². The van der Waals surface area contributed by atoms with Crippen molar-refractivity contribution in [3.05, 3.63) is 72.0 Å². The van der Waals surface area contributed by atoms with Gasteiger partial charge in [0.05, 0.1) is 30.2 Å². The number of fused-ring (bicyclic) bond motifs is 1. The molecule has 6 rings (SSSR count). The first kappa shape index (κ1) is 20.9. The van der Waals surface area contributed by atoms with Crippen LogP contribution in [0.15, 0.2) is 66.3 Å². The van der Waals surface area contributed by atoms with Gasteiger partial charge in [-0.2, -0.15) is 4.59 Å². The zero-order chi connectivity index (χ0) is 22.4. The smallest absolute Gasteiger partial charge is 0.256 e. The highest BCUT2D eigenvalue weighted by Crippen LogP contribution is 2.40. The number of allylic oxidation sites excluding steroid dienone is 3. The van der Waals surface area contributed by atoms with Crippen molar-refractivity contribution < 1.29 is 9.39 Å². The minimum atomic E-state index is 0.213. The third-order valence-electron chi connectivity index (χ3n) is 7.18. The standard InChI is InChI=1S/C25H29N6OS/c1-19-16-30(24(27-19)23-6-2-3-9-26-23)21-7-10-29(11-8-21)31-13-4-5-22(31)15-20(17-31)25(32)28-12-14-33-18-28/h2-6,9,13,15-16,21H,7-8,10-12,14,17-18H2,1H3/q+1/t31-/m1/s1. The van der Waals surface area contributed by atoms with Crippen LogP contribution < -0.4 is 0 Å².